The molecule has 0 atom stereocenters. The minimum atomic E-state index is -0.447. The highest BCUT2D eigenvalue weighted by atomic mass is 32.1. The Balaban J connectivity index is 1.78. The van der Waals surface area contributed by atoms with Crippen LogP contribution in [0.1, 0.15) is 11.1 Å². The summed E-state index contributed by atoms with van der Waals surface area (Å²) < 4.78 is 5.10. The van der Waals surface area contributed by atoms with Gasteiger partial charge in [-0.15, -0.1) is 0 Å². The molecular weight excluding hydrogens is 328 g/mol. The van der Waals surface area contributed by atoms with Crippen molar-refractivity contribution in [1.82, 2.24) is 10.7 Å². The van der Waals surface area contributed by atoms with Gasteiger partial charge in [0.1, 0.15) is 5.75 Å². The van der Waals surface area contributed by atoms with Crippen molar-refractivity contribution in [2.45, 2.75) is 6.54 Å². The van der Waals surface area contributed by atoms with Crippen molar-refractivity contribution in [1.29, 1.82) is 0 Å². The molecule has 24 heavy (non-hydrogen) atoms. The van der Waals surface area contributed by atoms with Gasteiger partial charge in [-0.2, -0.15) is 5.10 Å². The summed E-state index contributed by atoms with van der Waals surface area (Å²) in [7, 11) is 1.62. The van der Waals surface area contributed by atoms with Crippen LogP contribution in [0.5, 0.6) is 5.75 Å². The first kappa shape index (κ1) is 17.4. The summed E-state index contributed by atoms with van der Waals surface area (Å²) in [6.07, 6.45) is 1.53. The number of thiocarbonyl (C=S) groups is 1. The molecule has 8 heteroatoms. The summed E-state index contributed by atoms with van der Waals surface area (Å²) in [5.41, 5.74) is 4.51. The van der Waals surface area contributed by atoms with E-state index in [0.717, 1.165) is 16.9 Å². The van der Waals surface area contributed by atoms with Gasteiger partial charge in [-0.3, -0.25) is 15.5 Å². The average molecular weight is 344 g/mol. The predicted molar refractivity (Wildman–Crippen MR) is 96.3 cm³/mol. The van der Waals surface area contributed by atoms with Gasteiger partial charge in [0.25, 0.3) is 5.69 Å². The Morgan fingerprint density at radius 3 is 2.50 bits per heavy atom. The number of rotatable bonds is 6. The summed E-state index contributed by atoms with van der Waals surface area (Å²) in [5, 5.41) is 18.0. The van der Waals surface area contributed by atoms with Crippen molar-refractivity contribution in [3.63, 3.8) is 0 Å². The van der Waals surface area contributed by atoms with Gasteiger partial charge in [0.15, 0.2) is 5.11 Å². The number of ether oxygens (including phenoxy) is 1. The number of hydrogen-bond acceptors (Lipinski definition) is 5. The van der Waals surface area contributed by atoms with Crippen molar-refractivity contribution in [2.24, 2.45) is 5.10 Å². The molecule has 0 aromatic heterocycles. The van der Waals surface area contributed by atoms with Crippen LogP contribution in [0, 0.1) is 10.1 Å². The van der Waals surface area contributed by atoms with Crippen LogP contribution in [-0.4, -0.2) is 23.4 Å². The van der Waals surface area contributed by atoms with Gasteiger partial charge in [-0.05, 0) is 47.6 Å². The van der Waals surface area contributed by atoms with E-state index in [9.17, 15) is 10.1 Å². The highest BCUT2D eigenvalue weighted by molar-refractivity contribution is 7.80. The van der Waals surface area contributed by atoms with Gasteiger partial charge in [-0.25, -0.2) is 0 Å². The fourth-order valence-corrected chi connectivity index (χ4v) is 1.94. The molecule has 2 rings (SSSR count). The van der Waals surface area contributed by atoms with Crippen LogP contribution in [0.2, 0.25) is 0 Å². The third kappa shape index (κ3) is 5.33. The first-order valence-corrected chi connectivity index (χ1v) is 7.43. The fraction of sp³-hybridized carbons (Fsp3) is 0.125. The molecule has 0 saturated heterocycles. The topological polar surface area (TPSA) is 88.8 Å². The lowest BCUT2D eigenvalue weighted by molar-refractivity contribution is -0.384. The molecule has 7 nitrogen and oxygen atoms in total. The summed E-state index contributed by atoms with van der Waals surface area (Å²) in [4.78, 5) is 10.1. The van der Waals surface area contributed by atoms with E-state index in [1.165, 1.54) is 18.3 Å². The zero-order chi connectivity index (χ0) is 17.4. The number of nitro groups is 1. The van der Waals surface area contributed by atoms with E-state index in [1.807, 2.05) is 24.3 Å². The van der Waals surface area contributed by atoms with E-state index in [1.54, 1.807) is 19.2 Å². The monoisotopic (exact) mass is 344 g/mol. The van der Waals surface area contributed by atoms with Crippen molar-refractivity contribution < 1.29 is 9.66 Å². The lowest BCUT2D eigenvalue weighted by atomic mass is 10.2. The molecule has 0 aliphatic carbocycles. The van der Waals surface area contributed by atoms with Crippen LogP contribution in [0.15, 0.2) is 53.6 Å². The third-order valence-electron chi connectivity index (χ3n) is 3.10. The molecule has 0 aliphatic rings. The number of nitro benzene ring substituents is 1. The van der Waals surface area contributed by atoms with Crippen molar-refractivity contribution in [2.75, 3.05) is 7.11 Å². The van der Waals surface area contributed by atoms with Crippen LogP contribution in [0.25, 0.3) is 0 Å². The quantitative estimate of drug-likeness (QED) is 0.362. The number of nitrogens with one attached hydrogen (secondary N) is 2. The van der Waals surface area contributed by atoms with Gasteiger partial charge >= 0.3 is 0 Å². The van der Waals surface area contributed by atoms with Crippen LogP contribution in [-0.2, 0) is 6.54 Å². The first-order chi connectivity index (χ1) is 11.6. The smallest absolute Gasteiger partial charge is 0.269 e. The average Bonchev–Trinajstić information content (AvgIpc) is 2.61. The Hall–Kier alpha value is -3.00. The molecule has 124 valence electrons. The molecular formula is C16H16N4O3S. The Bertz CT molecular complexity index is 730. The molecule has 2 aromatic rings. The van der Waals surface area contributed by atoms with Crippen molar-refractivity contribution in [3.05, 3.63) is 69.8 Å². The van der Waals surface area contributed by atoms with Crippen LogP contribution in [0.3, 0.4) is 0 Å². The molecule has 0 unspecified atom stereocenters. The standard InChI is InChI=1S/C16H16N4O3S/c1-23-15-8-4-12(5-9-15)10-17-16(24)19-18-11-13-2-6-14(7-3-13)20(21)22/h2-9,11H,10H2,1H3,(H2,17,19,24). The maximum atomic E-state index is 10.6. The Morgan fingerprint density at radius 1 is 1.25 bits per heavy atom. The Labute approximate surface area is 144 Å². The first-order valence-electron chi connectivity index (χ1n) is 7.03. The molecule has 0 aliphatic heterocycles. The van der Waals surface area contributed by atoms with Gasteiger partial charge in [0, 0.05) is 18.7 Å². The number of methoxy groups -OCH3 is 1. The zero-order valence-corrected chi connectivity index (χ0v) is 13.7. The number of non-ortho nitro benzene ring substituents is 1. The molecule has 2 aromatic carbocycles. The Morgan fingerprint density at radius 2 is 1.92 bits per heavy atom. The molecule has 2 N–H and O–H groups in total. The van der Waals surface area contributed by atoms with E-state index in [-0.39, 0.29) is 5.69 Å². The number of benzene rings is 2. The normalized spacial score (nSPS) is 10.4. The second-order valence-electron chi connectivity index (χ2n) is 4.75. The highest BCUT2D eigenvalue weighted by Gasteiger charge is 2.02. The minimum Gasteiger partial charge on any atom is -0.497 e. The van der Waals surface area contributed by atoms with Crippen molar-refractivity contribution >= 4 is 29.2 Å². The molecule has 0 fully saturated rings. The largest absolute Gasteiger partial charge is 0.497 e. The number of nitrogens with zero attached hydrogens (tertiary/aromatic N) is 2. The molecule has 0 bridgehead atoms. The SMILES string of the molecule is COc1ccc(CNC(=S)NN=Cc2ccc([N+](=O)[O-])cc2)cc1. The van der Waals surface area contributed by atoms with Gasteiger partial charge < -0.3 is 10.1 Å². The van der Waals surface area contributed by atoms with Crippen LogP contribution < -0.4 is 15.5 Å². The molecule has 0 heterocycles. The van der Waals surface area contributed by atoms with Gasteiger partial charge in [0.05, 0.1) is 18.2 Å². The predicted octanol–water partition coefficient (Wildman–Crippen LogP) is 2.60. The molecule has 0 radical (unpaired) electrons. The third-order valence-corrected chi connectivity index (χ3v) is 3.33. The second kappa shape index (κ2) is 8.59. The highest BCUT2D eigenvalue weighted by Crippen LogP contribution is 2.11. The summed E-state index contributed by atoms with van der Waals surface area (Å²) in [5.74, 6) is 0.798. The summed E-state index contributed by atoms with van der Waals surface area (Å²) in [6.45, 7) is 0.558. The summed E-state index contributed by atoms with van der Waals surface area (Å²) in [6, 6.07) is 13.7. The maximum Gasteiger partial charge on any atom is 0.269 e. The lowest BCUT2D eigenvalue weighted by Crippen LogP contribution is -2.31. The van der Waals surface area contributed by atoms with Gasteiger partial charge in [-0.1, -0.05) is 12.1 Å². The van der Waals surface area contributed by atoms with E-state index >= 15 is 0 Å². The van der Waals surface area contributed by atoms with E-state index in [2.05, 4.69) is 15.8 Å². The van der Waals surface area contributed by atoms with E-state index in [4.69, 9.17) is 17.0 Å². The zero-order valence-electron chi connectivity index (χ0n) is 12.9. The van der Waals surface area contributed by atoms with Crippen LogP contribution >= 0.6 is 12.2 Å². The summed E-state index contributed by atoms with van der Waals surface area (Å²) >= 11 is 5.12. The molecule has 0 amide bonds. The lowest BCUT2D eigenvalue weighted by Gasteiger charge is -2.07. The second-order valence-corrected chi connectivity index (χ2v) is 5.16. The van der Waals surface area contributed by atoms with Gasteiger partial charge in [0.2, 0.25) is 0 Å². The number of hydrogen-bond donors (Lipinski definition) is 2. The van der Waals surface area contributed by atoms with E-state index in [0.29, 0.717) is 11.7 Å². The van der Waals surface area contributed by atoms with Crippen LogP contribution in [0.4, 0.5) is 5.69 Å². The maximum absolute atomic E-state index is 10.6. The molecule has 0 saturated carbocycles. The fourth-order valence-electron chi connectivity index (χ4n) is 1.81. The van der Waals surface area contributed by atoms with Crippen molar-refractivity contribution in [3.8, 4) is 5.75 Å². The number of hydrazone groups is 1. The molecule has 0 spiro atoms. The minimum absolute atomic E-state index is 0.0387. The van der Waals surface area contributed by atoms with E-state index < -0.39 is 4.92 Å². The Kier molecular flexibility index (Phi) is 6.21.